The lowest BCUT2D eigenvalue weighted by Crippen LogP contribution is -2.31. The van der Waals surface area contributed by atoms with Crippen LogP contribution in [-0.2, 0) is 14.9 Å². The van der Waals surface area contributed by atoms with Crippen LogP contribution in [0.15, 0.2) is 12.1 Å². The molecular formula is C16H24O3. The van der Waals surface area contributed by atoms with E-state index in [0.29, 0.717) is 5.92 Å². The van der Waals surface area contributed by atoms with Crippen molar-refractivity contribution in [1.29, 1.82) is 0 Å². The number of aryl methyl sites for hydroxylation is 1. The summed E-state index contributed by atoms with van der Waals surface area (Å²) in [6.45, 7) is 9.99. The highest BCUT2D eigenvalue weighted by Gasteiger charge is 2.33. The van der Waals surface area contributed by atoms with E-state index in [0.717, 1.165) is 22.4 Å². The molecule has 0 aliphatic heterocycles. The summed E-state index contributed by atoms with van der Waals surface area (Å²) in [5.74, 6) is 0.982. The SMILES string of the molecule is COC(=O)C(C)(C)c1cc(C(C)C)c(OC)cc1C. The zero-order valence-corrected chi connectivity index (χ0v) is 13.0. The molecule has 0 fully saturated rings. The Morgan fingerprint density at radius 1 is 1.21 bits per heavy atom. The van der Waals surface area contributed by atoms with E-state index in [4.69, 9.17) is 9.47 Å². The molecule has 0 aliphatic carbocycles. The van der Waals surface area contributed by atoms with Crippen LogP contribution in [0.3, 0.4) is 0 Å². The molecule has 1 rings (SSSR count). The van der Waals surface area contributed by atoms with Crippen LogP contribution in [0.25, 0.3) is 0 Å². The van der Waals surface area contributed by atoms with Crippen molar-refractivity contribution in [2.75, 3.05) is 14.2 Å². The fourth-order valence-electron chi connectivity index (χ4n) is 2.36. The largest absolute Gasteiger partial charge is 0.496 e. The number of ether oxygens (including phenoxy) is 2. The highest BCUT2D eigenvalue weighted by atomic mass is 16.5. The molecule has 19 heavy (non-hydrogen) atoms. The van der Waals surface area contributed by atoms with Gasteiger partial charge in [-0.05, 0) is 49.4 Å². The number of carbonyl (C=O) groups excluding carboxylic acids is 1. The van der Waals surface area contributed by atoms with Crippen LogP contribution in [-0.4, -0.2) is 20.2 Å². The Balaban J connectivity index is 3.45. The molecule has 0 heterocycles. The number of methoxy groups -OCH3 is 2. The maximum Gasteiger partial charge on any atom is 0.315 e. The third-order valence-corrected chi connectivity index (χ3v) is 3.57. The summed E-state index contributed by atoms with van der Waals surface area (Å²) in [7, 11) is 3.10. The van der Waals surface area contributed by atoms with Crippen molar-refractivity contribution in [3.63, 3.8) is 0 Å². The van der Waals surface area contributed by atoms with Gasteiger partial charge < -0.3 is 9.47 Å². The molecule has 0 N–H and O–H groups in total. The van der Waals surface area contributed by atoms with Gasteiger partial charge in [-0.2, -0.15) is 0 Å². The van der Waals surface area contributed by atoms with Crippen LogP contribution < -0.4 is 4.74 Å². The first-order valence-corrected chi connectivity index (χ1v) is 6.53. The van der Waals surface area contributed by atoms with E-state index in [-0.39, 0.29) is 5.97 Å². The minimum Gasteiger partial charge on any atom is -0.496 e. The van der Waals surface area contributed by atoms with Crippen molar-refractivity contribution in [2.24, 2.45) is 0 Å². The highest BCUT2D eigenvalue weighted by molar-refractivity contribution is 5.82. The Hall–Kier alpha value is -1.51. The first-order valence-electron chi connectivity index (χ1n) is 6.53. The second-order valence-electron chi connectivity index (χ2n) is 5.68. The maximum absolute atomic E-state index is 12.0. The Bertz CT molecular complexity index is 473. The van der Waals surface area contributed by atoms with Crippen molar-refractivity contribution in [2.45, 2.75) is 46.0 Å². The summed E-state index contributed by atoms with van der Waals surface area (Å²) in [4.78, 5) is 12.0. The van der Waals surface area contributed by atoms with E-state index in [1.807, 2.05) is 26.8 Å². The summed E-state index contributed by atoms with van der Waals surface area (Å²) in [6, 6.07) is 4.06. The number of esters is 1. The van der Waals surface area contributed by atoms with Gasteiger partial charge in [0.05, 0.1) is 19.6 Å². The van der Waals surface area contributed by atoms with Gasteiger partial charge in [0.15, 0.2) is 0 Å². The van der Waals surface area contributed by atoms with Gasteiger partial charge in [-0.1, -0.05) is 19.9 Å². The zero-order chi connectivity index (χ0) is 14.8. The molecule has 0 saturated heterocycles. The van der Waals surface area contributed by atoms with Gasteiger partial charge in [0, 0.05) is 0 Å². The lowest BCUT2D eigenvalue weighted by atomic mass is 9.80. The minimum atomic E-state index is -0.658. The number of carbonyl (C=O) groups is 1. The van der Waals surface area contributed by atoms with Crippen molar-refractivity contribution in [3.8, 4) is 5.75 Å². The van der Waals surface area contributed by atoms with E-state index in [2.05, 4.69) is 19.9 Å². The smallest absolute Gasteiger partial charge is 0.315 e. The molecule has 0 radical (unpaired) electrons. The molecule has 3 heteroatoms. The molecule has 3 nitrogen and oxygen atoms in total. The van der Waals surface area contributed by atoms with Gasteiger partial charge in [-0.15, -0.1) is 0 Å². The first kappa shape index (κ1) is 15.5. The molecule has 0 aliphatic rings. The number of rotatable bonds is 4. The molecule has 0 aromatic heterocycles. The average molecular weight is 264 g/mol. The Labute approximate surface area is 115 Å². The minimum absolute atomic E-state index is 0.226. The molecule has 0 unspecified atom stereocenters. The van der Waals surface area contributed by atoms with Crippen molar-refractivity contribution >= 4 is 5.97 Å². The zero-order valence-electron chi connectivity index (χ0n) is 13.0. The van der Waals surface area contributed by atoms with Crippen LogP contribution in [0.2, 0.25) is 0 Å². The number of benzene rings is 1. The van der Waals surface area contributed by atoms with Gasteiger partial charge >= 0.3 is 5.97 Å². The maximum atomic E-state index is 12.0. The summed E-state index contributed by atoms with van der Waals surface area (Å²) in [6.07, 6.45) is 0. The van der Waals surface area contributed by atoms with E-state index in [9.17, 15) is 4.79 Å². The molecule has 1 aromatic carbocycles. The monoisotopic (exact) mass is 264 g/mol. The van der Waals surface area contributed by atoms with Crippen LogP contribution in [0.5, 0.6) is 5.75 Å². The Morgan fingerprint density at radius 2 is 1.79 bits per heavy atom. The quantitative estimate of drug-likeness (QED) is 0.780. The van der Waals surface area contributed by atoms with Crippen molar-refractivity contribution < 1.29 is 14.3 Å². The van der Waals surface area contributed by atoms with E-state index in [1.54, 1.807) is 7.11 Å². The van der Waals surface area contributed by atoms with Gasteiger partial charge in [-0.3, -0.25) is 4.79 Å². The predicted molar refractivity (Wildman–Crippen MR) is 76.9 cm³/mol. The van der Waals surface area contributed by atoms with E-state index in [1.165, 1.54) is 7.11 Å². The Morgan fingerprint density at radius 3 is 2.21 bits per heavy atom. The molecule has 0 spiro atoms. The number of hydrogen-bond donors (Lipinski definition) is 0. The van der Waals surface area contributed by atoms with Crippen LogP contribution in [0, 0.1) is 6.92 Å². The molecule has 1 aromatic rings. The van der Waals surface area contributed by atoms with Gasteiger partial charge in [0.2, 0.25) is 0 Å². The second kappa shape index (κ2) is 5.64. The molecule has 0 atom stereocenters. The van der Waals surface area contributed by atoms with E-state index >= 15 is 0 Å². The fourth-order valence-corrected chi connectivity index (χ4v) is 2.36. The van der Waals surface area contributed by atoms with E-state index < -0.39 is 5.41 Å². The normalized spacial score (nSPS) is 11.6. The average Bonchev–Trinajstić information content (AvgIpc) is 2.36. The topological polar surface area (TPSA) is 35.5 Å². The highest BCUT2D eigenvalue weighted by Crippen LogP contribution is 2.35. The predicted octanol–water partition coefficient (Wildman–Crippen LogP) is 3.58. The molecule has 0 amide bonds. The first-order chi connectivity index (χ1) is 8.75. The summed E-state index contributed by atoms with van der Waals surface area (Å²) >= 11 is 0. The standard InChI is InChI=1S/C16H24O3/c1-10(2)12-9-13(11(3)8-14(12)18-6)16(4,5)15(17)19-7/h8-10H,1-7H3. The molecular weight excluding hydrogens is 240 g/mol. The summed E-state index contributed by atoms with van der Waals surface area (Å²) in [5.41, 5.74) is 2.48. The van der Waals surface area contributed by atoms with Gasteiger partial charge in [0.1, 0.15) is 5.75 Å². The second-order valence-corrected chi connectivity index (χ2v) is 5.68. The summed E-state index contributed by atoms with van der Waals surface area (Å²) in [5, 5.41) is 0. The third-order valence-electron chi connectivity index (χ3n) is 3.57. The molecule has 0 saturated carbocycles. The fraction of sp³-hybridized carbons (Fsp3) is 0.562. The molecule has 106 valence electrons. The van der Waals surface area contributed by atoms with Gasteiger partial charge in [-0.25, -0.2) is 0 Å². The van der Waals surface area contributed by atoms with Crippen LogP contribution >= 0.6 is 0 Å². The molecule has 0 bridgehead atoms. The van der Waals surface area contributed by atoms with Crippen molar-refractivity contribution in [1.82, 2.24) is 0 Å². The third kappa shape index (κ3) is 2.91. The van der Waals surface area contributed by atoms with Crippen LogP contribution in [0.4, 0.5) is 0 Å². The van der Waals surface area contributed by atoms with Gasteiger partial charge in [0.25, 0.3) is 0 Å². The lowest BCUT2D eigenvalue weighted by molar-refractivity contribution is -0.146. The lowest BCUT2D eigenvalue weighted by Gasteiger charge is -2.26. The summed E-state index contributed by atoms with van der Waals surface area (Å²) < 4.78 is 10.3. The Kier molecular flexibility index (Phi) is 4.61. The number of hydrogen-bond acceptors (Lipinski definition) is 3. The van der Waals surface area contributed by atoms with Crippen molar-refractivity contribution in [3.05, 3.63) is 28.8 Å². The van der Waals surface area contributed by atoms with Crippen LogP contribution in [0.1, 0.15) is 50.3 Å².